The molecule has 0 bridgehead atoms. The lowest BCUT2D eigenvalue weighted by atomic mass is 9.82. The van der Waals surface area contributed by atoms with Crippen molar-refractivity contribution in [2.24, 2.45) is 0 Å². The normalized spacial score (nSPS) is 12.9. The number of rotatable bonds is 9. The second-order valence-corrected chi connectivity index (χ2v) is 31.4. The molecule has 0 aliphatic carbocycles. The summed E-state index contributed by atoms with van der Waals surface area (Å²) in [5, 5.41) is 15.0. The van der Waals surface area contributed by atoms with Crippen LogP contribution in [0, 0.1) is 0 Å². The molecule has 11 aromatic carbocycles. The highest BCUT2D eigenvalue weighted by Crippen LogP contribution is 2.47. The van der Waals surface area contributed by atoms with Gasteiger partial charge in [0.15, 0.2) is 8.07 Å². The van der Waals surface area contributed by atoms with Crippen molar-refractivity contribution in [3.8, 4) is 28.4 Å². The van der Waals surface area contributed by atoms with Crippen molar-refractivity contribution in [3.05, 3.63) is 290 Å². The van der Waals surface area contributed by atoms with Gasteiger partial charge in [-0.25, -0.2) is 4.98 Å². The molecule has 15 rings (SSSR count). The molecule has 0 amide bonds. The molecule has 1 aliphatic heterocycles. The summed E-state index contributed by atoms with van der Waals surface area (Å²) < 4.78 is 12.0. The zero-order valence-electron chi connectivity index (χ0n) is 52.9. The Bertz CT molecular complexity index is 5100. The van der Waals surface area contributed by atoms with Crippen LogP contribution in [0.25, 0.3) is 82.1 Å². The molecule has 1 aliphatic rings. The van der Waals surface area contributed by atoms with Crippen molar-refractivity contribution >= 4 is 105 Å². The molecule has 0 N–H and O–H groups in total. The zero-order chi connectivity index (χ0) is 61.7. The Hall–Kier alpha value is -10.0. The van der Waals surface area contributed by atoms with Crippen LogP contribution in [0.4, 0.5) is 11.4 Å². The fourth-order valence-corrected chi connectivity index (χ4v) is 19.1. The summed E-state index contributed by atoms with van der Waals surface area (Å²) in [6, 6.07) is 100. The molecule has 6 heteroatoms. The topological polar surface area (TPSA) is 35.2 Å². The Morgan fingerprint density at radius 2 is 0.889 bits per heavy atom. The maximum Gasteiger partial charge on any atom is 0.179 e. The number of ether oxygens (including phenoxy) is 1. The van der Waals surface area contributed by atoms with Crippen molar-refractivity contribution in [2.45, 2.75) is 85.2 Å². The number of benzene rings is 11. The van der Waals surface area contributed by atoms with Crippen LogP contribution in [0.15, 0.2) is 273 Å². The SMILES string of the molecule is CC(C)(C)c1cc(-c2cc(C(C)(C)C)cc3c4ccccc4c4ccccc4c4cccc5c4n(c23)CN5c2cccc(Oc3ccc4c5ccccc5n(-c5cc(C(C)(C)C)ccn5)c4c3)c2)cc([Si](c2ccccc2)(c2ccccc2)c2ccccc2)c1. The average molecular weight is 1180 g/mol. The lowest BCUT2D eigenvalue weighted by Gasteiger charge is -2.36. The minimum Gasteiger partial charge on any atom is -0.457 e. The zero-order valence-corrected chi connectivity index (χ0v) is 53.9. The third-order valence-corrected chi connectivity index (χ3v) is 23.6. The average Bonchev–Trinajstić information content (AvgIpc) is 1.38. The van der Waals surface area contributed by atoms with Gasteiger partial charge >= 0.3 is 0 Å². The van der Waals surface area contributed by atoms with E-state index in [-0.39, 0.29) is 16.2 Å². The third kappa shape index (κ3) is 9.55. The van der Waals surface area contributed by atoms with Gasteiger partial charge in [0.2, 0.25) is 0 Å². The van der Waals surface area contributed by atoms with E-state index in [0.29, 0.717) is 6.67 Å². The summed E-state index contributed by atoms with van der Waals surface area (Å²) in [5.74, 6) is 2.39. The second kappa shape index (κ2) is 21.6. The molecule has 440 valence electrons. The number of fused-ring (bicyclic) bond motifs is 10. The first-order chi connectivity index (χ1) is 43.5. The van der Waals surface area contributed by atoms with E-state index >= 15 is 0 Å². The van der Waals surface area contributed by atoms with Crippen LogP contribution in [-0.2, 0) is 22.9 Å². The smallest absolute Gasteiger partial charge is 0.179 e. The van der Waals surface area contributed by atoms with E-state index < -0.39 is 8.07 Å². The van der Waals surface area contributed by atoms with Gasteiger partial charge in [-0.05, 0) is 141 Å². The molecule has 0 atom stereocenters. The maximum atomic E-state index is 7.05. The van der Waals surface area contributed by atoms with Gasteiger partial charge in [-0.2, -0.15) is 0 Å². The molecule has 0 unspecified atom stereocenters. The number of hydrogen-bond acceptors (Lipinski definition) is 3. The lowest BCUT2D eigenvalue weighted by Crippen LogP contribution is -2.74. The van der Waals surface area contributed by atoms with E-state index in [1.54, 1.807) is 0 Å². The number of pyridine rings is 1. The molecular weight excluding hydrogens is 1110 g/mol. The molecule has 0 spiro atoms. The van der Waals surface area contributed by atoms with Gasteiger partial charge in [0.1, 0.15) is 24.0 Å². The first-order valence-electron chi connectivity index (χ1n) is 31.7. The van der Waals surface area contributed by atoms with Crippen LogP contribution in [0.2, 0.25) is 0 Å². The molecule has 5 nitrogen and oxygen atoms in total. The van der Waals surface area contributed by atoms with Gasteiger partial charge in [0.05, 0.1) is 27.8 Å². The minimum absolute atomic E-state index is 0.0391. The highest BCUT2D eigenvalue weighted by atomic mass is 28.3. The quantitative estimate of drug-likeness (QED) is 0.107. The number of nitrogens with zero attached hydrogens (tertiary/aromatic N) is 4. The first-order valence-corrected chi connectivity index (χ1v) is 33.7. The summed E-state index contributed by atoms with van der Waals surface area (Å²) in [6.45, 7) is 21.5. The fraction of sp³-hybridized carbons (Fsp3) is 0.155. The van der Waals surface area contributed by atoms with Gasteiger partial charge in [0, 0.05) is 51.1 Å². The maximum absolute atomic E-state index is 7.05. The number of anilines is 2. The molecule has 0 fully saturated rings. The van der Waals surface area contributed by atoms with Crippen molar-refractivity contribution in [1.82, 2.24) is 14.1 Å². The first kappa shape index (κ1) is 56.5. The van der Waals surface area contributed by atoms with Crippen LogP contribution < -0.4 is 30.4 Å². The summed E-state index contributed by atoms with van der Waals surface area (Å²) in [7, 11) is -3.03. The Kier molecular flexibility index (Phi) is 13.6. The fourth-order valence-electron chi connectivity index (χ4n) is 14.2. The lowest BCUT2D eigenvalue weighted by molar-refractivity contribution is 0.483. The van der Waals surface area contributed by atoms with E-state index in [1.165, 1.54) is 97.3 Å². The van der Waals surface area contributed by atoms with E-state index in [9.17, 15) is 0 Å². The standard InChI is InChI=1S/C84H74N4OSi/c1-82(2,3)57-45-46-85-79(52-57)88-76-41-24-23-39-71(76)72-44-43-62(54-78(72)88)89-61-28-25-27-60(53-61)86-55-87-80-74(50-59(84(7,8)9)51-75(80)70-38-22-20-36-68(70)67-35-19-21-37-69(67)73-40-26-42-77(86)81(73)87)56-47-58(83(4,5)6)49-66(48-56)90(63-29-13-10-14-30-63,64-31-15-11-16-32-64)65-33-17-12-18-34-65/h10-54H,55H2,1-9H3. The minimum atomic E-state index is -3.03. The molecular formula is C84H74N4OSi. The Balaban J connectivity index is 0.986. The molecule has 3 aromatic heterocycles. The largest absolute Gasteiger partial charge is 0.457 e. The highest BCUT2D eigenvalue weighted by Gasteiger charge is 2.42. The molecule has 0 saturated carbocycles. The highest BCUT2D eigenvalue weighted by molar-refractivity contribution is 7.20. The molecule has 90 heavy (non-hydrogen) atoms. The van der Waals surface area contributed by atoms with Gasteiger partial charge in [-0.3, -0.25) is 4.57 Å². The molecule has 0 saturated heterocycles. The monoisotopic (exact) mass is 1180 g/mol. The van der Waals surface area contributed by atoms with E-state index in [1.807, 2.05) is 6.20 Å². The summed E-state index contributed by atoms with van der Waals surface area (Å²) >= 11 is 0. The van der Waals surface area contributed by atoms with Crippen molar-refractivity contribution in [2.75, 3.05) is 4.90 Å². The Labute approximate surface area is 529 Å². The third-order valence-electron chi connectivity index (χ3n) is 18.8. The number of para-hydroxylation sites is 2. The van der Waals surface area contributed by atoms with Crippen LogP contribution in [0.1, 0.15) is 79.0 Å². The number of hydrogen-bond donors (Lipinski definition) is 0. The van der Waals surface area contributed by atoms with Gasteiger partial charge < -0.3 is 14.2 Å². The van der Waals surface area contributed by atoms with Crippen LogP contribution >= 0.6 is 0 Å². The van der Waals surface area contributed by atoms with Gasteiger partial charge in [0.25, 0.3) is 0 Å². The van der Waals surface area contributed by atoms with Crippen molar-refractivity contribution in [1.29, 1.82) is 0 Å². The van der Waals surface area contributed by atoms with E-state index in [4.69, 9.17) is 9.72 Å². The predicted molar refractivity (Wildman–Crippen MR) is 384 cm³/mol. The van der Waals surface area contributed by atoms with Gasteiger partial charge in [-0.1, -0.05) is 256 Å². The molecule has 14 aromatic rings. The van der Waals surface area contributed by atoms with E-state index in [0.717, 1.165) is 45.1 Å². The summed E-state index contributed by atoms with van der Waals surface area (Å²) in [5.41, 5.74) is 12.4. The predicted octanol–water partition coefficient (Wildman–Crippen LogP) is 19.6. The van der Waals surface area contributed by atoms with Crippen molar-refractivity contribution < 1.29 is 4.74 Å². The summed E-state index contributed by atoms with van der Waals surface area (Å²) in [6.07, 6.45) is 1.94. The van der Waals surface area contributed by atoms with Crippen LogP contribution in [0.3, 0.4) is 0 Å². The Morgan fingerprint density at radius 3 is 1.51 bits per heavy atom. The summed E-state index contributed by atoms with van der Waals surface area (Å²) in [4.78, 5) is 7.47. The van der Waals surface area contributed by atoms with E-state index in [2.05, 4.69) is 343 Å². The second-order valence-electron chi connectivity index (χ2n) is 27.6. The van der Waals surface area contributed by atoms with Crippen LogP contribution in [0.5, 0.6) is 11.5 Å². The van der Waals surface area contributed by atoms with Crippen molar-refractivity contribution in [3.63, 3.8) is 0 Å². The van der Waals surface area contributed by atoms with Crippen LogP contribution in [-0.4, -0.2) is 22.2 Å². The Morgan fingerprint density at radius 1 is 0.367 bits per heavy atom. The molecule has 0 radical (unpaired) electrons. The molecule has 4 heterocycles. The van der Waals surface area contributed by atoms with Gasteiger partial charge in [-0.15, -0.1) is 0 Å². The number of aromatic nitrogens is 3.